The summed E-state index contributed by atoms with van der Waals surface area (Å²) in [7, 11) is 0. The van der Waals surface area contributed by atoms with E-state index in [4.69, 9.17) is 4.74 Å². The summed E-state index contributed by atoms with van der Waals surface area (Å²) < 4.78 is 5.42. The number of aliphatic hydroxyl groups excluding tert-OH is 1. The second-order valence-corrected chi connectivity index (χ2v) is 9.63. The van der Waals surface area contributed by atoms with E-state index in [0.29, 0.717) is 16.9 Å². The number of nitro groups is 1. The zero-order valence-corrected chi connectivity index (χ0v) is 19.1. The van der Waals surface area contributed by atoms with Crippen LogP contribution in [0.4, 0.5) is 5.69 Å². The first kappa shape index (κ1) is 23.7. The molecule has 2 fully saturated rings. The molecule has 2 aliphatic heterocycles. The van der Waals surface area contributed by atoms with E-state index in [1.807, 2.05) is 0 Å². The molecule has 2 heterocycles. The van der Waals surface area contributed by atoms with Crippen molar-refractivity contribution in [2.75, 3.05) is 12.3 Å². The van der Waals surface area contributed by atoms with Crippen molar-refractivity contribution in [3.05, 3.63) is 75.8 Å². The van der Waals surface area contributed by atoms with Gasteiger partial charge in [-0.2, -0.15) is 0 Å². The number of esters is 1. The summed E-state index contributed by atoms with van der Waals surface area (Å²) >= 11 is 1.37. The highest BCUT2D eigenvalue weighted by Crippen LogP contribution is 2.42. The van der Waals surface area contributed by atoms with E-state index in [9.17, 15) is 29.6 Å². The van der Waals surface area contributed by atoms with Crippen LogP contribution in [0.3, 0.4) is 0 Å². The maximum absolute atomic E-state index is 12.8. The molecule has 0 aliphatic carbocycles. The van der Waals surface area contributed by atoms with E-state index >= 15 is 0 Å². The van der Waals surface area contributed by atoms with Crippen molar-refractivity contribution in [3.63, 3.8) is 0 Å². The molecular weight excluding hydrogens is 462 g/mol. The Labute approximate surface area is 199 Å². The van der Waals surface area contributed by atoms with Crippen molar-refractivity contribution in [1.29, 1.82) is 0 Å². The fraction of sp³-hybridized carbons (Fsp3) is 0.348. The molecule has 2 aliphatic rings. The Morgan fingerprint density at radius 1 is 1.26 bits per heavy atom. The number of nitro benzene ring substituents is 1. The van der Waals surface area contributed by atoms with Crippen LogP contribution < -0.4 is 5.32 Å². The van der Waals surface area contributed by atoms with E-state index in [1.165, 1.54) is 40.9 Å². The van der Waals surface area contributed by atoms with Gasteiger partial charge in [-0.1, -0.05) is 30.3 Å². The number of benzene rings is 2. The van der Waals surface area contributed by atoms with Crippen LogP contribution in [-0.2, 0) is 25.7 Å². The molecule has 4 atom stereocenters. The monoisotopic (exact) mass is 485 g/mol. The van der Waals surface area contributed by atoms with Crippen molar-refractivity contribution >= 4 is 35.2 Å². The Bertz CT molecular complexity index is 1110. The number of hydrogen-bond donors (Lipinski definition) is 2. The third kappa shape index (κ3) is 4.62. The summed E-state index contributed by atoms with van der Waals surface area (Å²) in [5.41, 5.74) is 0.0637. The third-order valence-corrected chi connectivity index (χ3v) is 7.58. The molecule has 2 aromatic carbocycles. The standard InChI is InChI=1S/C23H23N3O7S/c1-23(22(30)33-11-14-7-9-16(10-8-14)26(31)32)12-25-20(29)17(21(25)34-13-23)24-19(28)18(27)15-5-3-2-4-6-15/h2-10,17-18,21,27H,11-13H2,1H3,(H,24,28)/t17?,18?,21-,23?/m1/s1. The minimum absolute atomic E-state index is 0.0372. The summed E-state index contributed by atoms with van der Waals surface area (Å²) in [5, 5.41) is 23.3. The number of carbonyl (C=O) groups excluding carboxylic acids is 3. The highest BCUT2D eigenvalue weighted by atomic mass is 32.2. The largest absolute Gasteiger partial charge is 0.460 e. The number of nitrogens with zero attached hydrogens (tertiary/aromatic N) is 2. The lowest BCUT2D eigenvalue weighted by atomic mass is 9.89. The Kier molecular flexibility index (Phi) is 6.58. The number of fused-ring (bicyclic) bond motifs is 1. The fourth-order valence-corrected chi connectivity index (χ4v) is 5.36. The van der Waals surface area contributed by atoms with Gasteiger partial charge in [-0.05, 0) is 30.2 Å². The number of hydrogen-bond acceptors (Lipinski definition) is 8. The Balaban J connectivity index is 1.31. The normalized spacial score (nSPS) is 24.4. The summed E-state index contributed by atoms with van der Waals surface area (Å²) in [4.78, 5) is 49.6. The van der Waals surface area contributed by atoms with Gasteiger partial charge in [0.05, 0.1) is 10.3 Å². The molecule has 0 bridgehead atoms. The van der Waals surface area contributed by atoms with Crippen LogP contribution in [0.25, 0.3) is 0 Å². The predicted molar refractivity (Wildman–Crippen MR) is 122 cm³/mol. The van der Waals surface area contributed by atoms with Gasteiger partial charge in [0, 0.05) is 24.4 Å². The molecule has 34 heavy (non-hydrogen) atoms. The molecule has 0 radical (unpaired) electrons. The number of nitrogens with one attached hydrogen (secondary N) is 1. The lowest BCUT2D eigenvalue weighted by molar-refractivity contribution is -0.384. The summed E-state index contributed by atoms with van der Waals surface area (Å²) in [6, 6.07) is 13.4. The van der Waals surface area contributed by atoms with Crippen LogP contribution in [0.15, 0.2) is 54.6 Å². The van der Waals surface area contributed by atoms with E-state index in [2.05, 4.69) is 5.32 Å². The van der Waals surface area contributed by atoms with Crippen molar-refractivity contribution < 1.29 is 29.2 Å². The van der Waals surface area contributed by atoms with Gasteiger partial charge in [0.2, 0.25) is 5.91 Å². The summed E-state index contributed by atoms with van der Waals surface area (Å²) in [6.45, 7) is 1.83. The maximum Gasteiger partial charge on any atom is 0.314 e. The Morgan fingerprint density at radius 3 is 2.59 bits per heavy atom. The van der Waals surface area contributed by atoms with Gasteiger partial charge in [0.1, 0.15) is 18.0 Å². The fourth-order valence-electron chi connectivity index (χ4n) is 3.88. The molecule has 11 heteroatoms. The van der Waals surface area contributed by atoms with Crippen LogP contribution in [0.2, 0.25) is 0 Å². The van der Waals surface area contributed by atoms with Crippen molar-refractivity contribution in [2.24, 2.45) is 5.41 Å². The molecule has 10 nitrogen and oxygen atoms in total. The van der Waals surface area contributed by atoms with E-state index in [-0.39, 0.29) is 30.1 Å². The van der Waals surface area contributed by atoms with E-state index in [0.717, 1.165) is 0 Å². The molecular formula is C23H23N3O7S. The van der Waals surface area contributed by atoms with Crippen molar-refractivity contribution in [3.8, 4) is 0 Å². The highest BCUT2D eigenvalue weighted by molar-refractivity contribution is 8.00. The number of ether oxygens (including phenoxy) is 1. The van der Waals surface area contributed by atoms with Crippen LogP contribution in [0.1, 0.15) is 24.2 Å². The number of carbonyl (C=O) groups is 3. The molecule has 0 saturated carbocycles. The summed E-state index contributed by atoms with van der Waals surface area (Å²) in [6.07, 6.45) is -1.38. The zero-order chi connectivity index (χ0) is 24.5. The van der Waals surface area contributed by atoms with Crippen molar-refractivity contribution in [1.82, 2.24) is 10.2 Å². The van der Waals surface area contributed by atoms with E-state index in [1.54, 1.807) is 37.3 Å². The first-order valence-corrected chi connectivity index (χ1v) is 11.6. The lowest BCUT2D eigenvalue weighted by Crippen LogP contribution is -2.73. The molecule has 3 unspecified atom stereocenters. The molecule has 178 valence electrons. The average molecular weight is 486 g/mol. The quantitative estimate of drug-likeness (QED) is 0.262. The van der Waals surface area contributed by atoms with E-state index < -0.39 is 34.4 Å². The van der Waals surface area contributed by atoms with Crippen molar-refractivity contribution in [2.45, 2.75) is 31.1 Å². The van der Waals surface area contributed by atoms with Gasteiger partial charge in [0.25, 0.3) is 11.6 Å². The van der Waals surface area contributed by atoms with Gasteiger partial charge < -0.3 is 20.1 Å². The smallest absolute Gasteiger partial charge is 0.314 e. The molecule has 2 saturated heterocycles. The first-order chi connectivity index (χ1) is 16.2. The SMILES string of the molecule is CC1(C(=O)OCc2ccc([N+](=O)[O-])cc2)CS[C@@H]2C(NC(=O)C(O)c3ccccc3)C(=O)N2C1. The zero-order valence-electron chi connectivity index (χ0n) is 18.2. The van der Waals surface area contributed by atoms with Crippen LogP contribution in [0, 0.1) is 15.5 Å². The van der Waals surface area contributed by atoms with Crippen LogP contribution in [-0.4, -0.2) is 56.4 Å². The molecule has 0 aromatic heterocycles. The number of aliphatic hydroxyl groups is 1. The number of β-lactam (4-membered cyclic amide) rings is 1. The number of rotatable bonds is 7. The number of amides is 2. The Hall–Kier alpha value is -3.44. The van der Waals surface area contributed by atoms with Gasteiger partial charge >= 0.3 is 5.97 Å². The molecule has 0 spiro atoms. The second-order valence-electron chi connectivity index (χ2n) is 8.53. The Morgan fingerprint density at radius 2 is 1.94 bits per heavy atom. The average Bonchev–Trinajstić information content (AvgIpc) is 2.86. The molecule has 2 N–H and O–H groups in total. The number of non-ortho nitro benzene ring substituents is 1. The summed E-state index contributed by atoms with van der Waals surface area (Å²) in [5.74, 6) is -1.06. The minimum atomic E-state index is -1.38. The lowest BCUT2D eigenvalue weighted by Gasteiger charge is -2.53. The van der Waals surface area contributed by atoms with Gasteiger partial charge in [-0.3, -0.25) is 24.5 Å². The van der Waals surface area contributed by atoms with Crippen LogP contribution in [0.5, 0.6) is 0 Å². The number of thioether (sulfide) groups is 1. The molecule has 4 rings (SSSR count). The van der Waals surface area contributed by atoms with Crippen LogP contribution >= 0.6 is 11.8 Å². The second kappa shape index (κ2) is 9.43. The van der Waals surface area contributed by atoms with Gasteiger partial charge in [-0.15, -0.1) is 11.8 Å². The maximum atomic E-state index is 12.8. The van der Waals surface area contributed by atoms with Gasteiger partial charge in [0.15, 0.2) is 6.10 Å². The highest BCUT2D eigenvalue weighted by Gasteiger charge is 2.56. The molecule has 2 amide bonds. The third-order valence-electron chi connectivity index (χ3n) is 5.90. The minimum Gasteiger partial charge on any atom is -0.460 e. The topological polar surface area (TPSA) is 139 Å². The predicted octanol–water partition coefficient (Wildman–Crippen LogP) is 1.78. The molecule has 2 aromatic rings. The first-order valence-electron chi connectivity index (χ1n) is 10.6. The van der Waals surface area contributed by atoms with Gasteiger partial charge in [-0.25, -0.2) is 0 Å².